The van der Waals surface area contributed by atoms with Crippen molar-refractivity contribution in [2.24, 2.45) is 5.73 Å². The molecule has 1 atom stereocenters. The van der Waals surface area contributed by atoms with E-state index in [4.69, 9.17) is 5.73 Å². The van der Waals surface area contributed by atoms with Crippen molar-refractivity contribution < 1.29 is 9.50 Å². The number of benzene rings is 1. The van der Waals surface area contributed by atoms with Gasteiger partial charge in [0.05, 0.1) is 10.9 Å². The van der Waals surface area contributed by atoms with E-state index in [0.717, 1.165) is 25.7 Å². The van der Waals surface area contributed by atoms with Crippen LogP contribution in [0.15, 0.2) is 17.1 Å². The van der Waals surface area contributed by atoms with Crippen LogP contribution in [0.1, 0.15) is 37.3 Å². The van der Waals surface area contributed by atoms with E-state index in [-0.39, 0.29) is 34.3 Å². The van der Waals surface area contributed by atoms with Crippen molar-refractivity contribution in [3.05, 3.63) is 33.9 Å². The van der Waals surface area contributed by atoms with Gasteiger partial charge in [0.25, 0.3) is 0 Å². The van der Waals surface area contributed by atoms with Gasteiger partial charge in [0.1, 0.15) is 5.69 Å². The van der Waals surface area contributed by atoms with Crippen LogP contribution in [-0.2, 0) is 0 Å². The average molecular weight is 331 g/mol. The van der Waals surface area contributed by atoms with Crippen LogP contribution in [0, 0.1) is 12.7 Å². The summed E-state index contributed by atoms with van der Waals surface area (Å²) in [6, 6.07) is 1.52. The second-order valence-electron chi connectivity index (χ2n) is 7.08. The number of fused-ring (bicyclic) bond motifs is 1. The molecule has 1 saturated carbocycles. The number of halogens is 1. The number of aromatic nitrogens is 1. The van der Waals surface area contributed by atoms with Crippen LogP contribution in [0.4, 0.5) is 10.1 Å². The van der Waals surface area contributed by atoms with Crippen molar-refractivity contribution >= 4 is 16.6 Å². The topological polar surface area (TPSA) is 71.5 Å². The lowest BCUT2D eigenvalue weighted by Gasteiger charge is -2.33. The van der Waals surface area contributed by atoms with E-state index in [0.29, 0.717) is 24.2 Å². The Bertz CT molecular complexity index is 873. The van der Waals surface area contributed by atoms with E-state index in [9.17, 15) is 14.3 Å². The molecule has 0 amide bonds. The van der Waals surface area contributed by atoms with Gasteiger partial charge >= 0.3 is 0 Å². The highest BCUT2D eigenvalue weighted by Crippen LogP contribution is 2.43. The number of anilines is 1. The number of nitrogens with two attached hydrogens (primary N) is 1. The Kier molecular flexibility index (Phi) is 3.53. The maximum Gasteiger partial charge on any atom is 0.192 e. The number of piperidine rings is 1. The maximum absolute atomic E-state index is 14.8. The van der Waals surface area contributed by atoms with Gasteiger partial charge in [0, 0.05) is 36.9 Å². The van der Waals surface area contributed by atoms with E-state index in [1.807, 2.05) is 4.57 Å². The summed E-state index contributed by atoms with van der Waals surface area (Å²) in [6.45, 7) is 2.89. The van der Waals surface area contributed by atoms with Gasteiger partial charge in [-0.2, -0.15) is 0 Å². The molecule has 4 rings (SSSR count). The molecule has 0 bridgehead atoms. The van der Waals surface area contributed by atoms with Crippen molar-refractivity contribution in [1.29, 1.82) is 0 Å². The zero-order valence-corrected chi connectivity index (χ0v) is 13.8. The molecule has 3 N–H and O–H groups in total. The largest absolute Gasteiger partial charge is 0.504 e. The maximum atomic E-state index is 14.8. The molecule has 2 aromatic rings. The van der Waals surface area contributed by atoms with E-state index in [2.05, 4.69) is 0 Å². The zero-order valence-electron chi connectivity index (χ0n) is 13.8. The van der Waals surface area contributed by atoms with Crippen LogP contribution in [0.3, 0.4) is 0 Å². The SMILES string of the molecule is Cc1cn(C2CC2)c2c(O)c(N3CCCC(N)C3)c(F)cc2c1=O. The molecule has 6 heteroatoms. The molecule has 24 heavy (non-hydrogen) atoms. The number of phenolic OH excluding ortho intramolecular Hbond substituents is 1. The first-order chi connectivity index (χ1) is 11.5. The lowest BCUT2D eigenvalue weighted by molar-refractivity contribution is 0.454. The van der Waals surface area contributed by atoms with Gasteiger partial charge in [-0.3, -0.25) is 4.79 Å². The quantitative estimate of drug-likeness (QED) is 0.886. The third kappa shape index (κ3) is 2.36. The lowest BCUT2D eigenvalue weighted by Crippen LogP contribution is -2.43. The molecule has 1 aliphatic carbocycles. The molecular weight excluding hydrogens is 309 g/mol. The Balaban J connectivity index is 1.97. The second kappa shape index (κ2) is 5.48. The van der Waals surface area contributed by atoms with Crippen LogP contribution < -0.4 is 16.1 Å². The number of rotatable bonds is 2. The number of pyridine rings is 1. The fourth-order valence-electron chi connectivity index (χ4n) is 3.75. The monoisotopic (exact) mass is 331 g/mol. The molecule has 128 valence electrons. The fourth-order valence-corrected chi connectivity index (χ4v) is 3.75. The minimum atomic E-state index is -0.556. The van der Waals surface area contributed by atoms with Crippen LogP contribution >= 0.6 is 0 Å². The molecular formula is C18H22FN3O2. The first-order valence-corrected chi connectivity index (χ1v) is 8.55. The Morgan fingerprint density at radius 2 is 2.08 bits per heavy atom. The minimum Gasteiger partial charge on any atom is -0.504 e. The van der Waals surface area contributed by atoms with Gasteiger partial charge in [0.15, 0.2) is 17.0 Å². The third-order valence-electron chi connectivity index (χ3n) is 5.11. The first-order valence-electron chi connectivity index (χ1n) is 8.55. The molecule has 1 aromatic heterocycles. The predicted molar refractivity (Wildman–Crippen MR) is 92.3 cm³/mol. The molecule has 1 saturated heterocycles. The summed E-state index contributed by atoms with van der Waals surface area (Å²) in [5, 5.41) is 11.1. The van der Waals surface area contributed by atoms with E-state index < -0.39 is 5.82 Å². The molecule has 5 nitrogen and oxygen atoms in total. The Morgan fingerprint density at radius 1 is 1.33 bits per heavy atom. The lowest BCUT2D eigenvalue weighted by atomic mass is 10.0. The summed E-state index contributed by atoms with van der Waals surface area (Å²) >= 11 is 0. The fraction of sp³-hybridized carbons (Fsp3) is 0.500. The molecule has 1 aromatic carbocycles. The summed E-state index contributed by atoms with van der Waals surface area (Å²) in [6.07, 6.45) is 5.57. The van der Waals surface area contributed by atoms with Crippen molar-refractivity contribution in [1.82, 2.24) is 4.57 Å². The number of nitrogens with zero attached hydrogens (tertiary/aromatic N) is 2. The smallest absolute Gasteiger partial charge is 0.192 e. The van der Waals surface area contributed by atoms with Gasteiger partial charge in [-0.05, 0) is 38.7 Å². The molecule has 2 aliphatic rings. The van der Waals surface area contributed by atoms with Crippen LogP contribution in [-0.4, -0.2) is 28.8 Å². The van der Waals surface area contributed by atoms with Gasteiger partial charge in [-0.1, -0.05) is 0 Å². The van der Waals surface area contributed by atoms with Crippen molar-refractivity contribution in [3.8, 4) is 5.75 Å². The molecule has 2 heterocycles. The summed E-state index contributed by atoms with van der Waals surface area (Å²) in [7, 11) is 0. The normalized spacial score (nSPS) is 21.5. The number of hydrogen-bond acceptors (Lipinski definition) is 4. The molecule has 0 spiro atoms. The second-order valence-corrected chi connectivity index (χ2v) is 7.08. The van der Waals surface area contributed by atoms with Crippen molar-refractivity contribution in [2.75, 3.05) is 18.0 Å². The highest BCUT2D eigenvalue weighted by atomic mass is 19.1. The Labute approximate surface area is 139 Å². The summed E-state index contributed by atoms with van der Waals surface area (Å²) in [5.41, 5.74) is 6.98. The summed E-state index contributed by atoms with van der Waals surface area (Å²) in [4.78, 5) is 14.2. The standard InChI is InChI=1S/C18H22FN3O2/c1-10-8-22(12-4-5-12)15-13(17(10)23)7-14(19)16(18(15)24)21-6-2-3-11(20)9-21/h7-8,11-12,24H,2-6,9,20H2,1H3. The summed E-state index contributed by atoms with van der Waals surface area (Å²) in [5.74, 6) is -0.692. The van der Waals surface area contributed by atoms with Crippen LogP contribution in [0.5, 0.6) is 5.75 Å². The summed E-state index contributed by atoms with van der Waals surface area (Å²) < 4.78 is 16.7. The molecule has 2 fully saturated rings. The van der Waals surface area contributed by atoms with Gasteiger partial charge in [0.2, 0.25) is 0 Å². The highest BCUT2D eigenvalue weighted by molar-refractivity contribution is 5.91. The van der Waals surface area contributed by atoms with E-state index in [1.165, 1.54) is 6.07 Å². The van der Waals surface area contributed by atoms with E-state index in [1.54, 1.807) is 18.0 Å². The van der Waals surface area contributed by atoms with Crippen molar-refractivity contribution in [2.45, 2.75) is 44.7 Å². The van der Waals surface area contributed by atoms with Gasteiger partial charge < -0.3 is 20.3 Å². The highest BCUT2D eigenvalue weighted by Gasteiger charge is 2.30. The van der Waals surface area contributed by atoms with Gasteiger partial charge in [-0.15, -0.1) is 0 Å². The molecule has 1 unspecified atom stereocenters. The number of aromatic hydroxyl groups is 1. The number of aryl methyl sites for hydroxylation is 1. The third-order valence-corrected chi connectivity index (χ3v) is 5.11. The van der Waals surface area contributed by atoms with Gasteiger partial charge in [-0.25, -0.2) is 4.39 Å². The zero-order chi connectivity index (χ0) is 17.0. The van der Waals surface area contributed by atoms with Crippen LogP contribution in [0.2, 0.25) is 0 Å². The number of phenols is 1. The van der Waals surface area contributed by atoms with Crippen LogP contribution in [0.25, 0.3) is 10.9 Å². The predicted octanol–water partition coefficient (Wildman–Crippen LogP) is 2.42. The van der Waals surface area contributed by atoms with E-state index >= 15 is 0 Å². The average Bonchev–Trinajstić information content (AvgIpc) is 3.36. The Hall–Kier alpha value is -2.08. The first kappa shape index (κ1) is 15.4. The number of hydrogen-bond donors (Lipinski definition) is 2. The molecule has 0 radical (unpaired) electrons. The minimum absolute atomic E-state index is 0.0307. The molecule has 1 aliphatic heterocycles. The Morgan fingerprint density at radius 3 is 2.75 bits per heavy atom. The van der Waals surface area contributed by atoms with Crippen molar-refractivity contribution in [3.63, 3.8) is 0 Å².